The molecule has 0 amide bonds. The van der Waals surface area contributed by atoms with Gasteiger partial charge in [-0.3, -0.25) is 5.10 Å². The Labute approximate surface area is 184 Å². The molecule has 2 heterocycles. The van der Waals surface area contributed by atoms with Crippen LogP contribution in [0.4, 0.5) is 0 Å². The van der Waals surface area contributed by atoms with Crippen LogP contribution >= 0.6 is 23.6 Å². The second kappa shape index (κ2) is 10.1. The van der Waals surface area contributed by atoms with E-state index in [1.54, 1.807) is 22.2 Å². The minimum absolute atomic E-state index is 0.483. The smallest absolute Gasteiger partial charge is 0.216 e. The zero-order valence-electron chi connectivity index (χ0n) is 16.4. The van der Waals surface area contributed by atoms with Crippen LogP contribution in [0, 0.1) is 4.77 Å². The number of ether oxygens (including phenoxy) is 1. The summed E-state index contributed by atoms with van der Waals surface area (Å²) in [5, 5.41) is 13.7. The average Bonchev–Trinajstić information content (AvgIpc) is 3.42. The van der Waals surface area contributed by atoms with Crippen molar-refractivity contribution in [2.45, 2.75) is 19.3 Å². The summed E-state index contributed by atoms with van der Waals surface area (Å²) < 4.78 is 8.00. The van der Waals surface area contributed by atoms with Gasteiger partial charge in [0, 0.05) is 11.3 Å². The van der Waals surface area contributed by atoms with Crippen molar-refractivity contribution >= 4 is 29.8 Å². The molecule has 0 saturated heterocycles. The molecule has 0 unspecified atom stereocenters. The molecule has 0 atom stereocenters. The first-order valence-electron chi connectivity index (χ1n) is 9.78. The second-order valence-electron chi connectivity index (χ2n) is 6.76. The minimum Gasteiger partial charge on any atom is -0.494 e. The predicted molar refractivity (Wildman–Crippen MR) is 124 cm³/mol. The summed E-state index contributed by atoms with van der Waals surface area (Å²) in [5.41, 5.74) is 2.31. The Kier molecular flexibility index (Phi) is 6.84. The van der Waals surface area contributed by atoms with Crippen molar-refractivity contribution in [1.29, 1.82) is 0 Å². The van der Waals surface area contributed by atoms with Gasteiger partial charge in [0.25, 0.3) is 0 Å². The molecule has 4 aromatic rings. The largest absolute Gasteiger partial charge is 0.494 e. The molecule has 4 rings (SSSR count). The molecular weight excluding hydrogens is 412 g/mol. The quantitative estimate of drug-likeness (QED) is 0.215. The fourth-order valence-corrected chi connectivity index (χ4v) is 3.91. The number of aryl methyl sites for hydroxylation is 1. The maximum Gasteiger partial charge on any atom is 0.216 e. The molecule has 0 bridgehead atoms. The first kappa shape index (κ1) is 20.3. The van der Waals surface area contributed by atoms with E-state index in [1.165, 1.54) is 10.4 Å². The van der Waals surface area contributed by atoms with Gasteiger partial charge in [0.2, 0.25) is 4.77 Å². The van der Waals surface area contributed by atoms with Crippen LogP contribution in [-0.2, 0) is 12.8 Å². The maximum atomic E-state index is 5.85. The van der Waals surface area contributed by atoms with Crippen LogP contribution in [0.15, 0.2) is 77.2 Å². The number of nitrogens with zero attached hydrogens (tertiary/aromatic N) is 3. The van der Waals surface area contributed by atoms with Crippen LogP contribution in [0.2, 0.25) is 0 Å². The van der Waals surface area contributed by atoms with E-state index in [9.17, 15) is 0 Å². The van der Waals surface area contributed by atoms with E-state index in [4.69, 9.17) is 17.0 Å². The average molecular weight is 435 g/mol. The topological polar surface area (TPSA) is 55.2 Å². The first-order valence-corrected chi connectivity index (χ1v) is 11.1. The monoisotopic (exact) mass is 434 g/mol. The molecule has 0 aliphatic rings. The summed E-state index contributed by atoms with van der Waals surface area (Å²) in [6.45, 7) is 0.693. The molecule has 5 nitrogen and oxygen atoms in total. The number of rotatable bonds is 9. The molecule has 30 heavy (non-hydrogen) atoms. The van der Waals surface area contributed by atoms with Crippen LogP contribution in [-0.4, -0.2) is 27.7 Å². The summed E-state index contributed by atoms with van der Waals surface area (Å²) in [6.07, 6.45) is 4.48. The molecule has 7 heteroatoms. The standard InChI is InChI=1S/C23H22N4OS2/c29-23-26-25-22(16-21-9-5-15-30-21)27(23)24-17-19-10-12-20(13-11-19)28-14-4-8-18-6-2-1-3-7-18/h1-3,5-7,9-13,15,17H,4,8,14,16H2,(H,26,29)/b24-17-. The third-order valence-corrected chi connectivity index (χ3v) is 5.69. The van der Waals surface area contributed by atoms with Gasteiger partial charge in [-0.05, 0) is 71.9 Å². The van der Waals surface area contributed by atoms with Crippen LogP contribution in [0.1, 0.15) is 28.2 Å². The number of thiophene rings is 1. The Balaban J connectivity index is 1.32. The lowest BCUT2D eigenvalue weighted by molar-refractivity contribution is 0.311. The van der Waals surface area contributed by atoms with Crippen molar-refractivity contribution in [3.63, 3.8) is 0 Å². The van der Waals surface area contributed by atoms with Crippen molar-refractivity contribution in [1.82, 2.24) is 14.9 Å². The molecule has 0 fully saturated rings. The van der Waals surface area contributed by atoms with Crippen molar-refractivity contribution in [2.75, 3.05) is 6.61 Å². The predicted octanol–water partition coefficient (Wildman–Crippen LogP) is 5.49. The highest BCUT2D eigenvalue weighted by Gasteiger charge is 2.07. The maximum absolute atomic E-state index is 5.85. The third kappa shape index (κ3) is 5.52. The van der Waals surface area contributed by atoms with Gasteiger partial charge in [-0.1, -0.05) is 36.4 Å². The van der Waals surface area contributed by atoms with Gasteiger partial charge in [0.15, 0.2) is 5.82 Å². The number of hydrogen-bond donors (Lipinski definition) is 1. The van der Waals surface area contributed by atoms with Gasteiger partial charge in [0.05, 0.1) is 12.8 Å². The van der Waals surface area contributed by atoms with Crippen LogP contribution in [0.5, 0.6) is 5.75 Å². The zero-order valence-corrected chi connectivity index (χ0v) is 18.0. The van der Waals surface area contributed by atoms with Gasteiger partial charge >= 0.3 is 0 Å². The SMILES string of the molecule is S=c1[nH]nc(Cc2cccs2)n1/N=C\c1ccc(OCCCc2ccccc2)cc1. The number of nitrogens with one attached hydrogen (secondary N) is 1. The fourth-order valence-electron chi connectivity index (χ4n) is 3.01. The molecule has 152 valence electrons. The molecule has 2 aromatic carbocycles. The van der Waals surface area contributed by atoms with Crippen molar-refractivity contribution in [2.24, 2.45) is 5.10 Å². The summed E-state index contributed by atoms with van der Waals surface area (Å²) in [4.78, 5) is 1.22. The number of hydrogen-bond acceptors (Lipinski definition) is 5. The Bertz CT molecular complexity index is 1130. The number of H-pyrrole nitrogens is 1. The van der Waals surface area contributed by atoms with Crippen molar-refractivity contribution in [3.05, 3.63) is 98.7 Å². The summed E-state index contributed by atoms with van der Waals surface area (Å²) >= 11 is 7.01. The second-order valence-corrected chi connectivity index (χ2v) is 8.18. The lowest BCUT2D eigenvalue weighted by Crippen LogP contribution is -2.00. The molecule has 1 N–H and O–H groups in total. The lowest BCUT2D eigenvalue weighted by atomic mass is 10.1. The van der Waals surface area contributed by atoms with Gasteiger partial charge in [-0.15, -0.1) is 11.3 Å². The van der Waals surface area contributed by atoms with Crippen LogP contribution in [0.3, 0.4) is 0 Å². The third-order valence-electron chi connectivity index (χ3n) is 4.55. The fraction of sp³-hybridized carbons (Fsp3) is 0.174. The normalized spacial score (nSPS) is 11.2. The van der Waals surface area contributed by atoms with Crippen LogP contribution < -0.4 is 4.74 Å². The Morgan fingerprint density at radius 1 is 1.07 bits per heavy atom. The van der Waals surface area contributed by atoms with E-state index in [0.29, 0.717) is 17.8 Å². The number of aromatic amines is 1. The van der Waals surface area contributed by atoms with E-state index in [-0.39, 0.29) is 0 Å². The van der Waals surface area contributed by atoms with E-state index in [1.807, 2.05) is 36.4 Å². The summed E-state index contributed by atoms with van der Waals surface area (Å²) in [6, 6.07) is 22.5. The minimum atomic E-state index is 0.483. The van der Waals surface area contributed by atoms with E-state index < -0.39 is 0 Å². The molecule has 0 aliphatic carbocycles. The summed E-state index contributed by atoms with van der Waals surface area (Å²) in [5.74, 6) is 1.65. The number of aromatic nitrogens is 3. The molecule has 0 radical (unpaired) electrons. The Morgan fingerprint density at radius 2 is 1.90 bits per heavy atom. The molecular formula is C23H22N4OS2. The van der Waals surface area contributed by atoms with Gasteiger partial charge < -0.3 is 4.74 Å². The highest BCUT2D eigenvalue weighted by atomic mass is 32.1. The van der Waals surface area contributed by atoms with E-state index in [2.05, 4.69) is 51.0 Å². The van der Waals surface area contributed by atoms with Gasteiger partial charge in [0.1, 0.15) is 5.75 Å². The van der Waals surface area contributed by atoms with Crippen molar-refractivity contribution < 1.29 is 4.74 Å². The lowest BCUT2D eigenvalue weighted by Gasteiger charge is -2.06. The highest BCUT2D eigenvalue weighted by Crippen LogP contribution is 2.15. The van der Waals surface area contributed by atoms with Crippen molar-refractivity contribution in [3.8, 4) is 5.75 Å². The van der Waals surface area contributed by atoms with E-state index >= 15 is 0 Å². The van der Waals surface area contributed by atoms with E-state index in [0.717, 1.165) is 30.0 Å². The molecule has 0 spiro atoms. The van der Waals surface area contributed by atoms with Gasteiger partial charge in [-0.25, -0.2) is 0 Å². The zero-order chi connectivity index (χ0) is 20.6. The molecule has 0 saturated carbocycles. The van der Waals surface area contributed by atoms with Gasteiger partial charge in [-0.2, -0.15) is 14.9 Å². The van der Waals surface area contributed by atoms with Crippen LogP contribution in [0.25, 0.3) is 0 Å². The Morgan fingerprint density at radius 3 is 2.67 bits per heavy atom. The summed E-state index contributed by atoms with van der Waals surface area (Å²) in [7, 11) is 0. The Hall–Kier alpha value is -3.03. The first-order chi connectivity index (χ1) is 14.8. The number of benzene rings is 2. The molecule has 2 aromatic heterocycles. The molecule has 0 aliphatic heterocycles. The highest BCUT2D eigenvalue weighted by molar-refractivity contribution is 7.71.